The van der Waals surface area contributed by atoms with Crippen molar-refractivity contribution in [3.63, 3.8) is 0 Å². The monoisotopic (exact) mass is 361 g/mol. The summed E-state index contributed by atoms with van der Waals surface area (Å²) >= 11 is 12.7. The van der Waals surface area contributed by atoms with E-state index in [9.17, 15) is 0 Å². The number of halogens is 3. The average molecular weight is 363 g/mol. The lowest BCUT2D eigenvalue weighted by molar-refractivity contribution is 0.459. The fourth-order valence-corrected chi connectivity index (χ4v) is 1.94. The number of rotatable bonds is 2. The molecule has 1 aromatic heterocycles. The van der Waals surface area contributed by atoms with E-state index in [2.05, 4.69) is 36.8 Å². The first-order chi connectivity index (χ1) is 7.66. The van der Waals surface area contributed by atoms with Crippen molar-refractivity contribution in [3.05, 3.63) is 50.5 Å². The van der Waals surface area contributed by atoms with Gasteiger partial charge in [0.2, 0.25) is 5.88 Å². The standard InChI is InChI=1S/C11H6Br2ClNO/c12-7-3-4-9(14)10(6-7)16-11-8(13)2-1-5-15-11/h1-6H. The molecule has 0 radical (unpaired) electrons. The van der Waals surface area contributed by atoms with Gasteiger partial charge < -0.3 is 4.74 Å². The summed E-state index contributed by atoms with van der Waals surface area (Å²) in [6, 6.07) is 9.08. The van der Waals surface area contributed by atoms with E-state index in [1.807, 2.05) is 18.2 Å². The lowest BCUT2D eigenvalue weighted by atomic mass is 10.3. The van der Waals surface area contributed by atoms with Crippen molar-refractivity contribution in [2.75, 3.05) is 0 Å². The SMILES string of the molecule is Clc1ccc(Br)cc1Oc1ncccc1Br. The number of hydrogen-bond donors (Lipinski definition) is 0. The van der Waals surface area contributed by atoms with Crippen molar-refractivity contribution in [2.45, 2.75) is 0 Å². The Hall–Kier alpha value is -0.580. The minimum Gasteiger partial charge on any atom is -0.436 e. The maximum Gasteiger partial charge on any atom is 0.233 e. The maximum absolute atomic E-state index is 6.01. The zero-order valence-electron chi connectivity index (χ0n) is 7.95. The normalized spacial score (nSPS) is 10.2. The third-order valence-corrected chi connectivity index (χ3v) is 3.23. The van der Waals surface area contributed by atoms with Crippen LogP contribution in [-0.2, 0) is 0 Å². The van der Waals surface area contributed by atoms with E-state index in [0.717, 1.165) is 8.95 Å². The molecule has 0 bridgehead atoms. The molecular weight excluding hydrogens is 357 g/mol. The van der Waals surface area contributed by atoms with Gasteiger partial charge in [0.1, 0.15) is 5.75 Å². The molecule has 0 fully saturated rings. The largest absolute Gasteiger partial charge is 0.436 e. The molecule has 0 saturated heterocycles. The highest BCUT2D eigenvalue weighted by Gasteiger charge is 2.07. The van der Waals surface area contributed by atoms with Crippen LogP contribution in [0.5, 0.6) is 11.6 Å². The molecule has 2 rings (SSSR count). The predicted octanol–water partition coefficient (Wildman–Crippen LogP) is 5.05. The van der Waals surface area contributed by atoms with Crippen molar-refractivity contribution >= 4 is 43.5 Å². The van der Waals surface area contributed by atoms with E-state index in [1.54, 1.807) is 18.3 Å². The predicted molar refractivity (Wildman–Crippen MR) is 71.2 cm³/mol. The van der Waals surface area contributed by atoms with Gasteiger partial charge in [-0.15, -0.1) is 0 Å². The molecule has 0 aliphatic heterocycles. The van der Waals surface area contributed by atoms with E-state index in [0.29, 0.717) is 16.7 Å². The van der Waals surface area contributed by atoms with E-state index in [4.69, 9.17) is 16.3 Å². The molecule has 1 aromatic carbocycles. The summed E-state index contributed by atoms with van der Waals surface area (Å²) in [6.07, 6.45) is 1.66. The number of benzene rings is 1. The quantitative estimate of drug-likeness (QED) is 0.745. The number of nitrogens with zero attached hydrogens (tertiary/aromatic N) is 1. The fraction of sp³-hybridized carbons (Fsp3) is 0. The topological polar surface area (TPSA) is 22.1 Å². The second-order valence-electron chi connectivity index (χ2n) is 2.97. The van der Waals surface area contributed by atoms with Crippen molar-refractivity contribution in [2.24, 2.45) is 0 Å². The zero-order valence-corrected chi connectivity index (χ0v) is 11.9. The van der Waals surface area contributed by atoms with E-state index < -0.39 is 0 Å². The zero-order chi connectivity index (χ0) is 11.5. The summed E-state index contributed by atoms with van der Waals surface area (Å²) in [5.74, 6) is 1.05. The van der Waals surface area contributed by atoms with E-state index in [-0.39, 0.29) is 0 Å². The molecule has 5 heteroatoms. The molecule has 0 unspecified atom stereocenters. The highest BCUT2D eigenvalue weighted by Crippen LogP contribution is 2.33. The lowest BCUT2D eigenvalue weighted by Gasteiger charge is -2.08. The average Bonchev–Trinajstić information content (AvgIpc) is 2.27. The van der Waals surface area contributed by atoms with Crippen molar-refractivity contribution < 1.29 is 4.74 Å². The summed E-state index contributed by atoms with van der Waals surface area (Å²) in [6.45, 7) is 0. The van der Waals surface area contributed by atoms with E-state index in [1.165, 1.54) is 0 Å². The van der Waals surface area contributed by atoms with Gasteiger partial charge in [0.25, 0.3) is 0 Å². The first-order valence-corrected chi connectivity index (χ1v) is 6.36. The van der Waals surface area contributed by atoms with Gasteiger partial charge in [-0.1, -0.05) is 27.5 Å². The second kappa shape index (κ2) is 5.17. The molecule has 2 nitrogen and oxygen atoms in total. The third-order valence-electron chi connectivity index (χ3n) is 1.82. The molecule has 0 saturated carbocycles. The molecule has 2 aromatic rings. The minimum absolute atomic E-state index is 0.488. The Bertz CT molecular complexity index is 519. The summed E-state index contributed by atoms with van der Waals surface area (Å²) in [5.41, 5.74) is 0. The van der Waals surface area contributed by atoms with Crippen LogP contribution in [0.1, 0.15) is 0 Å². The van der Waals surface area contributed by atoms with Gasteiger partial charge in [-0.2, -0.15) is 0 Å². The Balaban J connectivity index is 2.34. The van der Waals surface area contributed by atoms with Gasteiger partial charge in [-0.25, -0.2) is 4.98 Å². The first kappa shape index (κ1) is 11.9. The highest BCUT2D eigenvalue weighted by atomic mass is 79.9. The highest BCUT2D eigenvalue weighted by molar-refractivity contribution is 9.10. The van der Waals surface area contributed by atoms with Gasteiger partial charge in [0.15, 0.2) is 0 Å². The van der Waals surface area contributed by atoms with Gasteiger partial charge in [-0.3, -0.25) is 0 Å². The summed E-state index contributed by atoms with van der Waals surface area (Å²) < 4.78 is 7.29. The van der Waals surface area contributed by atoms with Crippen LogP contribution in [0, 0.1) is 0 Å². The van der Waals surface area contributed by atoms with Crippen LogP contribution in [0.15, 0.2) is 45.5 Å². The van der Waals surface area contributed by atoms with Crippen molar-refractivity contribution in [1.29, 1.82) is 0 Å². The van der Waals surface area contributed by atoms with Crippen LogP contribution in [-0.4, -0.2) is 4.98 Å². The summed E-state index contributed by atoms with van der Waals surface area (Å²) in [5, 5.41) is 0.542. The molecule has 0 spiro atoms. The Morgan fingerprint density at radius 2 is 2.00 bits per heavy atom. The second-order valence-corrected chi connectivity index (χ2v) is 5.14. The number of aromatic nitrogens is 1. The van der Waals surface area contributed by atoms with Gasteiger partial charge >= 0.3 is 0 Å². The first-order valence-electron chi connectivity index (χ1n) is 4.40. The molecule has 82 valence electrons. The summed E-state index contributed by atoms with van der Waals surface area (Å²) in [7, 11) is 0. The van der Waals surface area contributed by atoms with Gasteiger partial charge in [0.05, 0.1) is 9.50 Å². The van der Waals surface area contributed by atoms with Crippen LogP contribution in [0.25, 0.3) is 0 Å². The number of ether oxygens (including phenoxy) is 1. The molecule has 0 atom stereocenters. The van der Waals surface area contributed by atoms with E-state index >= 15 is 0 Å². The van der Waals surface area contributed by atoms with Crippen molar-refractivity contribution in [3.8, 4) is 11.6 Å². The third kappa shape index (κ3) is 2.75. The number of pyridine rings is 1. The lowest BCUT2D eigenvalue weighted by Crippen LogP contribution is -1.89. The van der Waals surface area contributed by atoms with Crippen LogP contribution in [0.2, 0.25) is 5.02 Å². The Labute approximate surface area is 115 Å². The molecular formula is C11H6Br2ClNO. The molecule has 1 heterocycles. The molecule has 0 aliphatic carbocycles. The minimum atomic E-state index is 0.488. The van der Waals surface area contributed by atoms with Crippen LogP contribution < -0.4 is 4.74 Å². The molecule has 0 N–H and O–H groups in total. The Morgan fingerprint density at radius 3 is 2.75 bits per heavy atom. The molecule has 16 heavy (non-hydrogen) atoms. The van der Waals surface area contributed by atoms with Crippen molar-refractivity contribution in [1.82, 2.24) is 4.98 Å². The maximum atomic E-state index is 6.01. The van der Waals surface area contributed by atoms with Gasteiger partial charge in [-0.05, 0) is 46.3 Å². The molecule has 0 aliphatic rings. The molecule has 0 amide bonds. The van der Waals surface area contributed by atoms with Gasteiger partial charge in [0, 0.05) is 10.7 Å². The summed E-state index contributed by atoms with van der Waals surface area (Å²) in [4.78, 5) is 4.10. The smallest absolute Gasteiger partial charge is 0.233 e. The number of hydrogen-bond acceptors (Lipinski definition) is 2. The van der Waals surface area contributed by atoms with Crippen LogP contribution in [0.4, 0.5) is 0 Å². The fourth-order valence-electron chi connectivity index (χ4n) is 1.11. The Morgan fingerprint density at radius 1 is 1.19 bits per heavy atom. The Kier molecular flexibility index (Phi) is 3.84. The van der Waals surface area contributed by atoms with Crippen LogP contribution >= 0.6 is 43.5 Å². The van der Waals surface area contributed by atoms with Crippen LogP contribution in [0.3, 0.4) is 0 Å².